The molecule has 1 saturated carbocycles. The molecular formula is C7H7BrN2. The van der Waals surface area contributed by atoms with Gasteiger partial charge in [-0.3, -0.25) is 0 Å². The van der Waals surface area contributed by atoms with Gasteiger partial charge in [0.05, 0.1) is 0 Å². The summed E-state index contributed by atoms with van der Waals surface area (Å²) in [5.74, 6) is 0.757. The predicted octanol–water partition coefficient (Wildman–Crippen LogP) is 2.12. The lowest BCUT2D eigenvalue weighted by atomic mass is 10.2. The van der Waals surface area contributed by atoms with E-state index < -0.39 is 0 Å². The Hall–Kier alpha value is -0.440. The van der Waals surface area contributed by atoms with Crippen LogP contribution in [0, 0.1) is 0 Å². The maximum Gasteiger partial charge on any atom is 0.196 e. The van der Waals surface area contributed by atoms with Crippen molar-refractivity contribution in [3.05, 3.63) is 22.7 Å². The van der Waals surface area contributed by atoms with Gasteiger partial charge in [-0.1, -0.05) is 0 Å². The van der Waals surface area contributed by atoms with Crippen LogP contribution in [-0.2, 0) is 0 Å². The third-order valence-corrected chi connectivity index (χ3v) is 2.10. The zero-order chi connectivity index (χ0) is 6.97. The lowest BCUT2D eigenvalue weighted by Crippen LogP contribution is -1.85. The first-order chi connectivity index (χ1) is 4.86. The lowest BCUT2D eigenvalue weighted by Gasteiger charge is -1.93. The quantitative estimate of drug-likeness (QED) is 0.647. The van der Waals surface area contributed by atoms with E-state index in [4.69, 9.17) is 0 Å². The molecule has 0 amide bonds. The van der Waals surface area contributed by atoms with Crippen LogP contribution in [0.4, 0.5) is 0 Å². The SMILES string of the molecule is Brc1ncc(C2CC2)cn1. The van der Waals surface area contributed by atoms with Gasteiger partial charge < -0.3 is 0 Å². The van der Waals surface area contributed by atoms with E-state index in [1.54, 1.807) is 0 Å². The van der Waals surface area contributed by atoms with E-state index in [1.807, 2.05) is 12.4 Å². The third-order valence-electron chi connectivity index (χ3n) is 1.69. The van der Waals surface area contributed by atoms with Gasteiger partial charge in [-0.05, 0) is 40.3 Å². The number of halogens is 1. The molecule has 0 atom stereocenters. The minimum absolute atomic E-state index is 0.678. The molecule has 3 heteroatoms. The second kappa shape index (κ2) is 2.31. The fourth-order valence-corrected chi connectivity index (χ4v) is 1.15. The topological polar surface area (TPSA) is 25.8 Å². The molecule has 1 fully saturated rings. The van der Waals surface area contributed by atoms with Crippen molar-refractivity contribution < 1.29 is 0 Å². The minimum Gasteiger partial charge on any atom is -0.230 e. The molecule has 0 aliphatic heterocycles. The molecular weight excluding hydrogens is 192 g/mol. The molecule has 0 unspecified atom stereocenters. The number of aromatic nitrogens is 2. The van der Waals surface area contributed by atoms with Crippen molar-refractivity contribution in [1.82, 2.24) is 9.97 Å². The normalized spacial score (nSPS) is 17.3. The Morgan fingerprint density at radius 2 is 1.90 bits per heavy atom. The van der Waals surface area contributed by atoms with Crippen LogP contribution in [0.15, 0.2) is 17.1 Å². The molecule has 2 nitrogen and oxygen atoms in total. The molecule has 0 bridgehead atoms. The van der Waals surface area contributed by atoms with E-state index in [9.17, 15) is 0 Å². The van der Waals surface area contributed by atoms with Gasteiger partial charge in [0.15, 0.2) is 4.73 Å². The molecule has 1 aliphatic rings. The van der Waals surface area contributed by atoms with Crippen LogP contribution in [0.5, 0.6) is 0 Å². The zero-order valence-corrected chi connectivity index (χ0v) is 7.00. The third kappa shape index (κ3) is 1.19. The van der Waals surface area contributed by atoms with E-state index in [-0.39, 0.29) is 0 Å². The standard InChI is InChI=1S/C7H7BrN2/c8-7-9-3-6(4-10-7)5-1-2-5/h3-5H,1-2H2. The summed E-state index contributed by atoms with van der Waals surface area (Å²) in [6, 6.07) is 0. The van der Waals surface area contributed by atoms with Crippen molar-refractivity contribution in [2.45, 2.75) is 18.8 Å². The van der Waals surface area contributed by atoms with Gasteiger partial charge >= 0.3 is 0 Å². The highest BCUT2D eigenvalue weighted by Gasteiger charge is 2.23. The van der Waals surface area contributed by atoms with Crippen molar-refractivity contribution in [2.75, 3.05) is 0 Å². The van der Waals surface area contributed by atoms with Crippen LogP contribution in [0.3, 0.4) is 0 Å². The molecule has 1 heterocycles. The molecule has 10 heavy (non-hydrogen) atoms. The Labute approximate surface area is 67.8 Å². The second-order valence-electron chi connectivity index (χ2n) is 2.56. The summed E-state index contributed by atoms with van der Waals surface area (Å²) in [6.07, 6.45) is 6.42. The first kappa shape index (κ1) is 6.28. The fraction of sp³-hybridized carbons (Fsp3) is 0.429. The Morgan fingerprint density at radius 1 is 1.30 bits per heavy atom. The van der Waals surface area contributed by atoms with Crippen molar-refractivity contribution in [1.29, 1.82) is 0 Å². The maximum atomic E-state index is 4.05. The van der Waals surface area contributed by atoms with Crippen molar-refractivity contribution in [3.63, 3.8) is 0 Å². The number of hydrogen-bond acceptors (Lipinski definition) is 2. The van der Waals surface area contributed by atoms with Gasteiger partial charge in [0.1, 0.15) is 0 Å². The van der Waals surface area contributed by atoms with Gasteiger partial charge in [-0.25, -0.2) is 9.97 Å². The Morgan fingerprint density at radius 3 is 2.40 bits per heavy atom. The van der Waals surface area contributed by atoms with Crippen molar-refractivity contribution >= 4 is 15.9 Å². The first-order valence-corrected chi connectivity index (χ1v) is 4.13. The Kier molecular flexibility index (Phi) is 1.45. The lowest BCUT2D eigenvalue weighted by molar-refractivity contribution is 1.01. The molecule has 52 valence electrons. The van der Waals surface area contributed by atoms with Crippen LogP contribution in [0.2, 0.25) is 0 Å². The van der Waals surface area contributed by atoms with E-state index >= 15 is 0 Å². The van der Waals surface area contributed by atoms with Crippen LogP contribution in [-0.4, -0.2) is 9.97 Å². The minimum atomic E-state index is 0.678. The van der Waals surface area contributed by atoms with Gasteiger partial charge in [0, 0.05) is 12.4 Å². The summed E-state index contributed by atoms with van der Waals surface area (Å²) in [7, 11) is 0. The highest BCUT2D eigenvalue weighted by molar-refractivity contribution is 9.10. The van der Waals surface area contributed by atoms with Crippen LogP contribution < -0.4 is 0 Å². The van der Waals surface area contributed by atoms with Crippen LogP contribution in [0.25, 0.3) is 0 Å². The van der Waals surface area contributed by atoms with Gasteiger partial charge in [0.2, 0.25) is 0 Å². The summed E-state index contributed by atoms with van der Waals surface area (Å²) in [4.78, 5) is 8.09. The Bertz CT molecular complexity index is 228. The molecule has 0 aromatic carbocycles. The van der Waals surface area contributed by atoms with Crippen LogP contribution in [0.1, 0.15) is 24.3 Å². The molecule has 0 saturated heterocycles. The average molecular weight is 199 g/mol. The van der Waals surface area contributed by atoms with Crippen molar-refractivity contribution in [3.8, 4) is 0 Å². The highest BCUT2D eigenvalue weighted by Crippen LogP contribution is 2.39. The fourth-order valence-electron chi connectivity index (χ4n) is 0.950. The number of nitrogens with zero attached hydrogens (tertiary/aromatic N) is 2. The smallest absolute Gasteiger partial charge is 0.196 e. The molecule has 0 N–H and O–H groups in total. The largest absolute Gasteiger partial charge is 0.230 e. The summed E-state index contributed by atoms with van der Waals surface area (Å²) in [6.45, 7) is 0. The first-order valence-electron chi connectivity index (χ1n) is 3.34. The second-order valence-corrected chi connectivity index (χ2v) is 3.27. The van der Waals surface area contributed by atoms with E-state index in [2.05, 4.69) is 25.9 Å². The average Bonchev–Trinajstić information content (AvgIpc) is 2.71. The van der Waals surface area contributed by atoms with Gasteiger partial charge in [0.25, 0.3) is 0 Å². The van der Waals surface area contributed by atoms with E-state index in [1.165, 1.54) is 18.4 Å². The maximum absolute atomic E-state index is 4.05. The molecule has 0 spiro atoms. The summed E-state index contributed by atoms with van der Waals surface area (Å²) in [5, 5.41) is 0. The van der Waals surface area contributed by atoms with E-state index in [0.29, 0.717) is 4.73 Å². The molecule has 1 aromatic heterocycles. The predicted molar refractivity (Wildman–Crippen MR) is 41.7 cm³/mol. The van der Waals surface area contributed by atoms with E-state index in [0.717, 1.165) is 5.92 Å². The summed E-state index contributed by atoms with van der Waals surface area (Å²) in [5.41, 5.74) is 1.28. The molecule has 1 aliphatic carbocycles. The van der Waals surface area contributed by atoms with Crippen molar-refractivity contribution in [2.24, 2.45) is 0 Å². The monoisotopic (exact) mass is 198 g/mol. The summed E-state index contributed by atoms with van der Waals surface area (Å²) < 4.78 is 0.678. The Balaban J connectivity index is 2.28. The van der Waals surface area contributed by atoms with Crippen LogP contribution >= 0.6 is 15.9 Å². The summed E-state index contributed by atoms with van der Waals surface area (Å²) >= 11 is 3.19. The number of hydrogen-bond donors (Lipinski definition) is 0. The number of rotatable bonds is 1. The highest BCUT2D eigenvalue weighted by atomic mass is 79.9. The van der Waals surface area contributed by atoms with Gasteiger partial charge in [-0.15, -0.1) is 0 Å². The van der Waals surface area contributed by atoms with Gasteiger partial charge in [-0.2, -0.15) is 0 Å². The molecule has 2 rings (SSSR count). The molecule has 0 radical (unpaired) electrons. The molecule has 1 aromatic rings. The zero-order valence-electron chi connectivity index (χ0n) is 5.42.